The summed E-state index contributed by atoms with van der Waals surface area (Å²) in [4.78, 5) is 15.4. The molecule has 1 aromatic carbocycles. The summed E-state index contributed by atoms with van der Waals surface area (Å²) in [7, 11) is 0. The predicted molar refractivity (Wildman–Crippen MR) is 77.5 cm³/mol. The highest BCUT2D eigenvalue weighted by Gasteiger charge is 2.07. The van der Waals surface area contributed by atoms with Gasteiger partial charge in [0.1, 0.15) is 5.82 Å². The van der Waals surface area contributed by atoms with E-state index in [0.717, 1.165) is 28.5 Å². The molecule has 2 heterocycles. The zero-order valence-corrected chi connectivity index (χ0v) is 11.7. The monoisotopic (exact) mass is 314 g/mol. The molecule has 0 fully saturated rings. The predicted octanol–water partition coefficient (Wildman–Crippen LogP) is 3.50. The number of imidazole rings is 1. The zero-order valence-electron chi connectivity index (χ0n) is 10.1. The molecule has 0 aliphatic carbocycles. The average Bonchev–Trinajstić information content (AvgIpc) is 2.84. The van der Waals surface area contributed by atoms with E-state index in [1.807, 2.05) is 28.8 Å². The van der Waals surface area contributed by atoms with Gasteiger partial charge in [0, 0.05) is 22.7 Å². The van der Waals surface area contributed by atoms with E-state index >= 15 is 0 Å². The molecular weight excluding hydrogens is 304 g/mol. The normalized spacial score (nSPS) is 10.8. The van der Waals surface area contributed by atoms with E-state index in [-0.39, 0.29) is 0 Å². The van der Waals surface area contributed by atoms with Crippen LogP contribution in [0.25, 0.3) is 5.52 Å². The number of rotatable bonds is 3. The molecule has 0 saturated carbocycles. The van der Waals surface area contributed by atoms with E-state index in [1.54, 1.807) is 12.3 Å². The molecular formula is C15H11BrN2O. The lowest BCUT2D eigenvalue weighted by Gasteiger charge is -2.03. The molecule has 0 atom stereocenters. The Morgan fingerprint density at radius 1 is 1.21 bits per heavy atom. The fraction of sp³-hybridized carbons (Fsp3) is 0.0667. The van der Waals surface area contributed by atoms with Crippen LogP contribution in [0, 0.1) is 0 Å². The smallest absolute Gasteiger partial charge is 0.152 e. The van der Waals surface area contributed by atoms with Crippen molar-refractivity contribution >= 4 is 27.7 Å². The third-order valence-corrected chi connectivity index (χ3v) is 3.61. The Morgan fingerprint density at radius 2 is 2.00 bits per heavy atom. The van der Waals surface area contributed by atoms with E-state index in [9.17, 15) is 4.79 Å². The Morgan fingerprint density at radius 3 is 2.74 bits per heavy atom. The number of halogens is 1. The van der Waals surface area contributed by atoms with Crippen molar-refractivity contribution in [2.24, 2.45) is 0 Å². The Bertz CT molecular complexity index is 731. The highest BCUT2D eigenvalue weighted by molar-refractivity contribution is 9.10. The van der Waals surface area contributed by atoms with Crippen molar-refractivity contribution in [3.63, 3.8) is 0 Å². The van der Waals surface area contributed by atoms with E-state index < -0.39 is 0 Å². The van der Waals surface area contributed by atoms with Crippen LogP contribution >= 0.6 is 15.9 Å². The second-order valence-corrected chi connectivity index (χ2v) is 5.23. The number of aromatic nitrogens is 2. The van der Waals surface area contributed by atoms with Gasteiger partial charge in [-0.15, -0.1) is 0 Å². The summed E-state index contributed by atoms with van der Waals surface area (Å²) in [5.74, 6) is 0.932. The molecule has 3 aromatic rings. The van der Waals surface area contributed by atoms with Crippen LogP contribution < -0.4 is 0 Å². The topological polar surface area (TPSA) is 34.4 Å². The maximum Gasteiger partial charge on any atom is 0.152 e. The number of hydrogen-bond donors (Lipinski definition) is 0. The third-order valence-electron chi connectivity index (χ3n) is 3.08. The van der Waals surface area contributed by atoms with Crippen molar-refractivity contribution in [2.45, 2.75) is 6.42 Å². The molecule has 3 nitrogen and oxygen atoms in total. The molecule has 0 unspecified atom stereocenters. The number of fused-ring (bicyclic) bond motifs is 1. The van der Waals surface area contributed by atoms with Gasteiger partial charge in [-0.3, -0.25) is 4.79 Å². The number of nitrogens with zero attached hydrogens (tertiary/aromatic N) is 2. The number of benzene rings is 1. The lowest BCUT2D eigenvalue weighted by atomic mass is 10.1. The first-order valence-electron chi connectivity index (χ1n) is 5.92. The standard InChI is InChI=1S/C15H11BrN2O/c16-13-5-3-11(4-6-13)8-15-17-9-14-12(10-19)2-1-7-18(14)15/h1-7,9-10H,8H2. The maximum atomic E-state index is 11.0. The Labute approximate surface area is 119 Å². The summed E-state index contributed by atoms with van der Waals surface area (Å²) in [5.41, 5.74) is 2.70. The molecule has 0 N–H and O–H groups in total. The molecule has 0 spiro atoms. The van der Waals surface area contributed by atoms with Crippen molar-refractivity contribution in [2.75, 3.05) is 0 Å². The summed E-state index contributed by atoms with van der Waals surface area (Å²) < 4.78 is 3.03. The van der Waals surface area contributed by atoms with Gasteiger partial charge in [0.05, 0.1) is 11.7 Å². The Hall–Kier alpha value is -1.94. The molecule has 0 aliphatic rings. The first-order valence-corrected chi connectivity index (χ1v) is 6.72. The van der Waals surface area contributed by atoms with E-state index in [0.29, 0.717) is 5.56 Å². The number of hydrogen-bond acceptors (Lipinski definition) is 2. The lowest BCUT2D eigenvalue weighted by molar-refractivity contribution is 0.112. The molecule has 3 rings (SSSR count). The van der Waals surface area contributed by atoms with Gasteiger partial charge in [0.15, 0.2) is 6.29 Å². The summed E-state index contributed by atoms with van der Waals surface area (Å²) in [6, 6.07) is 11.8. The molecule has 4 heteroatoms. The van der Waals surface area contributed by atoms with Crippen LogP contribution in [0.3, 0.4) is 0 Å². The van der Waals surface area contributed by atoms with Gasteiger partial charge in [-0.05, 0) is 29.8 Å². The largest absolute Gasteiger partial charge is 0.303 e. The Balaban J connectivity index is 2.02. The highest BCUT2D eigenvalue weighted by Crippen LogP contribution is 2.16. The van der Waals surface area contributed by atoms with Crippen LogP contribution in [0.4, 0.5) is 0 Å². The van der Waals surface area contributed by atoms with E-state index in [1.165, 1.54) is 5.56 Å². The molecule has 19 heavy (non-hydrogen) atoms. The summed E-state index contributed by atoms with van der Waals surface area (Å²) in [5, 5.41) is 0. The van der Waals surface area contributed by atoms with Gasteiger partial charge in [-0.2, -0.15) is 0 Å². The van der Waals surface area contributed by atoms with Crippen molar-refractivity contribution in [3.8, 4) is 0 Å². The molecule has 0 aliphatic heterocycles. The summed E-state index contributed by atoms with van der Waals surface area (Å²) in [6.45, 7) is 0. The molecule has 94 valence electrons. The average molecular weight is 315 g/mol. The van der Waals surface area contributed by atoms with Gasteiger partial charge in [-0.1, -0.05) is 28.1 Å². The van der Waals surface area contributed by atoms with Crippen molar-refractivity contribution in [3.05, 3.63) is 70.2 Å². The molecule has 0 bridgehead atoms. The lowest BCUT2D eigenvalue weighted by Crippen LogP contribution is -1.97. The number of carbonyl (C=O) groups is 1. The van der Waals surface area contributed by atoms with Gasteiger partial charge in [-0.25, -0.2) is 4.98 Å². The molecule has 0 radical (unpaired) electrons. The maximum absolute atomic E-state index is 11.0. The van der Waals surface area contributed by atoms with Crippen LogP contribution in [-0.2, 0) is 6.42 Å². The van der Waals surface area contributed by atoms with Crippen LogP contribution in [0.5, 0.6) is 0 Å². The number of carbonyl (C=O) groups excluding carboxylic acids is 1. The van der Waals surface area contributed by atoms with Crippen molar-refractivity contribution < 1.29 is 4.79 Å². The van der Waals surface area contributed by atoms with Crippen molar-refractivity contribution in [1.29, 1.82) is 0 Å². The highest BCUT2D eigenvalue weighted by atomic mass is 79.9. The van der Waals surface area contributed by atoms with Gasteiger partial charge >= 0.3 is 0 Å². The molecule has 0 saturated heterocycles. The minimum absolute atomic E-state index is 0.664. The quantitative estimate of drug-likeness (QED) is 0.693. The zero-order chi connectivity index (χ0) is 13.2. The van der Waals surface area contributed by atoms with Gasteiger partial charge < -0.3 is 4.40 Å². The SMILES string of the molecule is O=Cc1cccn2c(Cc3ccc(Br)cc3)ncc12. The molecule has 2 aromatic heterocycles. The van der Waals surface area contributed by atoms with Gasteiger partial charge in [0.25, 0.3) is 0 Å². The molecule has 0 amide bonds. The van der Waals surface area contributed by atoms with Crippen LogP contribution in [-0.4, -0.2) is 15.7 Å². The summed E-state index contributed by atoms with van der Waals surface area (Å²) >= 11 is 3.42. The van der Waals surface area contributed by atoms with Crippen LogP contribution in [0.1, 0.15) is 21.7 Å². The van der Waals surface area contributed by atoms with E-state index in [2.05, 4.69) is 33.0 Å². The van der Waals surface area contributed by atoms with Crippen molar-refractivity contribution in [1.82, 2.24) is 9.38 Å². The second-order valence-electron chi connectivity index (χ2n) is 4.31. The minimum atomic E-state index is 0.664. The second kappa shape index (κ2) is 4.97. The fourth-order valence-electron chi connectivity index (χ4n) is 2.11. The number of pyridine rings is 1. The van der Waals surface area contributed by atoms with E-state index in [4.69, 9.17) is 0 Å². The number of aldehydes is 1. The van der Waals surface area contributed by atoms with Crippen LogP contribution in [0.2, 0.25) is 0 Å². The van der Waals surface area contributed by atoms with Crippen LogP contribution in [0.15, 0.2) is 53.3 Å². The first-order chi connectivity index (χ1) is 9.28. The van der Waals surface area contributed by atoms with Gasteiger partial charge in [0.2, 0.25) is 0 Å². The Kier molecular flexibility index (Phi) is 3.17. The first kappa shape index (κ1) is 12.1. The third kappa shape index (κ3) is 2.31. The minimum Gasteiger partial charge on any atom is -0.303 e. The summed E-state index contributed by atoms with van der Waals surface area (Å²) in [6.07, 6.45) is 5.28. The fourth-order valence-corrected chi connectivity index (χ4v) is 2.38.